The van der Waals surface area contributed by atoms with Gasteiger partial charge in [0.15, 0.2) is 11.5 Å². The maximum atomic E-state index is 12.6. The maximum absolute atomic E-state index is 12.6. The number of hydrogen-bond donors (Lipinski definition) is 2. The normalized spacial score (nSPS) is 10.7. The van der Waals surface area contributed by atoms with Crippen LogP contribution in [0.4, 0.5) is 5.69 Å². The van der Waals surface area contributed by atoms with Gasteiger partial charge in [-0.1, -0.05) is 42.5 Å². The predicted octanol–water partition coefficient (Wildman–Crippen LogP) is 3.64. The number of fused-ring (bicyclic) bond motifs is 1. The summed E-state index contributed by atoms with van der Waals surface area (Å²) in [4.78, 5) is 35.7. The fourth-order valence-corrected chi connectivity index (χ4v) is 3.41. The van der Waals surface area contributed by atoms with Gasteiger partial charge in [-0.15, -0.1) is 0 Å². The molecule has 31 heavy (non-hydrogen) atoms. The number of benzene rings is 3. The standard InChI is InChI=1S/C24H20N4O3/c1-15(29)17-9-11-18(12-10-17)24(31)26-19-6-4-5-16(13-19)14-28-21-8-3-2-7-20(21)22(27-28)23(25)30/h2-13H,14H2,1H3,(H2,25,30)(H,26,31). The van der Waals surface area contributed by atoms with Crippen LogP contribution >= 0.6 is 0 Å². The first-order valence-electron chi connectivity index (χ1n) is 9.69. The van der Waals surface area contributed by atoms with E-state index >= 15 is 0 Å². The van der Waals surface area contributed by atoms with Crippen molar-refractivity contribution in [2.75, 3.05) is 5.32 Å². The van der Waals surface area contributed by atoms with Crippen molar-refractivity contribution >= 4 is 34.2 Å². The van der Waals surface area contributed by atoms with Gasteiger partial charge < -0.3 is 11.1 Å². The summed E-state index contributed by atoms with van der Waals surface area (Å²) in [6, 6.07) is 21.3. The number of carbonyl (C=O) groups excluding carboxylic acids is 3. The van der Waals surface area contributed by atoms with Crippen molar-refractivity contribution < 1.29 is 14.4 Å². The van der Waals surface area contributed by atoms with Crippen molar-refractivity contribution in [1.82, 2.24) is 9.78 Å². The van der Waals surface area contributed by atoms with Gasteiger partial charge in [0.25, 0.3) is 11.8 Å². The van der Waals surface area contributed by atoms with Crippen LogP contribution in [-0.2, 0) is 6.54 Å². The first-order chi connectivity index (χ1) is 14.9. The summed E-state index contributed by atoms with van der Waals surface area (Å²) in [5.74, 6) is -0.898. The Balaban J connectivity index is 1.55. The Hall–Kier alpha value is -4.26. The quantitative estimate of drug-likeness (QED) is 0.472. The fourth-order valence-electron chi connectivity index (χ4n) is 3.41. The molecule has 0 aliphatic rings. The van der Waals surface area contributed by atoms with E-state index in [9.17, 15) is 14.4 Å². The zero-order valence-corrected chi connectivity index (χ0v) is 16.8. The van der Waals surface area contributed by atoms with Crippen molar-refractivity contribution in [1.29, 1.82) is 0 Å². The topological polar surface area (TPSA) is 107 Å². The number of aromatic nitrogens is 2. The zero-order chi connectivity index (χ0) is 22.0. The Morgan fingerprint density at radius 2 is 1.65 bits per heavy atom. The van der Waals surface area contributed by atoms with Crippen LogP contribution in [0.3, 0.4) is 0 Å². The molecule has 2 amide bonds. The van der Waals surface area contributed by atoms with E-state index in [0.29, 0.717) is 28.7 Å². The van der Waals surface area contributed by atoms with Gasteiger partial charge in [0.05, 0.1) is 12.1 Å². The van der Waals surface area contributed by atoms with Crippen LogP contribution in [0.2, 0.25) is 0 Å². The molecule has 154 valence electrons. The molecule has 0 atom stereocenters. The number of para-hydroxylation sites is 1. The molecule has 0 unspecified atom stereocenters. The first kappa shape index (κ1) is 20.0. The van der Waals surface area contributed by atoms with E-state index in [-0.39, 0.29) is 17.4 Å². The van der Waals surface area contributed by atoms with Crippen molar-refractivity contribution in [3.8, 4) is 0 Å². The lowest BCUT2D eigenvalue weighted by Gasteiger charge is -2.09. The summed E-state index contributed by atoms with van der Waals surface area (Å²) in [5, 5.41) is 7.94. The molecule has 7 heteroatoms. The molecule has 0 aliphatic carbocycles. The van der Waals surface area contributed by atoms with E-state index in [4.69, 9.17) is 5.73 Å². The highest BCUT2D eigenvalue weighted by molar-refractivity contribution is 6.05. The Kier molecular flexibility index (Phi) is 5.32. The number of amides is 2. The van der Waals surface area contributed by atoms with Crippen molar-refractivity contribution in [3.63, 3.8) is 0 Å². The highest BCUT2D eigenvalue weighted by atomic mass is 16.2. The molecular weight excluding hydrogens is 392 g/mol. The average Bonchev–Trinajstić information content (AvgIpc) is 3.13. The van der Waals surface area contributed by atoms with Crippen molar-refractivity contribution in [3.05, 3.63) is 95.2 Å². The second-order valence-corrected chi connectivity index (χ2v) is 7.18. The second kappa shape index (κ2) is 8.23. The van der Waals surface area contributed by atoms with Gasteiger partial charge in [-0.3, -0.25) is 19.1 Å². The number of Topliss-reactive ketones (excluding diaryl/α,β-unsaturated/α-hetero) is 1. The molecule has 0 saturated heterocycles. The molecule has 0 bridgehead atoms. The molecule has 0 fully saturated rings. The van der Waals surface area contributed by atoms with E-state index in [0.717, 1.165) is 11.1 Å². The van der Waals surface area contributed by atoms with Crippen LogP contribution in [0.1, 0.15) is 43.7 Å². The second-order valence-electron chi connectivity index (χ2n) is 7.18. The third-order valence-corrected chi connectivity index (χ3v) is 4.96. The molecule has 4 rings (SSSR count). The number of anilines is 1. The van der Waals surface area contributed by atoms with E-state index < -0.39 is 5.91 Å². The van der Waals surface area contributed by atoms with Crippen molar-refractivity contribution in [2.45, 2.75) is 13.5 Å². The number of hydrogen-bond acceptors (Lipinski definition) is 4. The Morgan fingerprint density at radius 3 is 2.35 bits per heavy atom. The Bertz CT molecular complexity index is 1310. The molecule has 1 heterocycles. The molecule has 0 aliphatic heterocycles. The van der Waals surface area contributed by atoms with Crippen LogP contribution in [-0.4, -0.2) is 27.4 Å². The molecule has 3 aromatic carbocycles. The Morgan fingerprint density at radius 1 is 0.935 bits per heavy atom. The van der Waals surface area contributed by atoms with Gasteiger partial charge in [-0.25, -0.2) is 0 Å². The third kappa shape index (κ3) is 4.20. The molecule has 7 nitrogen and oxygen atoms in total. The first-order valence-corrected chi connectivity index (χ1v) is 9.69. The average molecular weight is 412 g/mol. The fraction of sp³-hybridized carbons (Fsp3) is 0.0833. The van der Waals surface area contributed by atoms with Crippen molar-refractivity contribution in [2.24, 2.45) is 5.73 Å². The van der Waals surface area contributed by atoms with E-state index in [1.165, 1.54) is 6.92 Å². The summed E-state index contributed by atoms with van der Waals surface area (Å²) < 4.78 is 1.72. The molecule has 1 aromatic heterocycles. The summed E-state index contributed by atoms with van der Waals surface area (Å²) in [7, 11) is 0. The lowest BCUT2D eigenvalue weighted by Crippen LogP contribution is -2.13. The summed E-state index contributed by atoms with van der Waals surface area (Å²) in [6.07, 6.45) is 0. The Labute approximate surface area is 178 Å². The predicted molar refractivity (Wildman–Crippen MR) is 118 cm³/mol. The molecule has 3 N–H and O–H groups in total. The van der Waals surface area contributed by atoms with Crippen LogP contribution in [0.15, 0.2) is 72.8 Å². The molecule has 0 radical (unpaired) electrons. The SMILES string of the molecule is CC(=O)c1ccc(C(=O)Nc2cccc(Cn3nc(C(N)=O)c4ccccc43)c2)cc1. The van der Waals surface area contributed by atoms with E-state index in [1.807, 2.05) is 42.5 Å². The van der Waals surface area contributed by atoms with Crippen LogP contribution < -0.4 is 11.1 Å². The smallest absolute Gasteiger partial charge is 0.269 e. The minimum atomic E-state index is -0.577. The molecule has 4 aromatic rings. The summed E-state index contributed by atoms with van der Waals surface area (Å²) in [5.41, 5.74) is 9.04. The van der Waals surface area contributed by atoms with Crippen LogP contribution in [0, 0.1) is 0 Å². The number of ketones is 1. The van der Waals surface area contributed by atoms with E-state index in [2.05, 4.69) is 10.4 Å². The number of nitrogens with two attached hydrogens (primary N) is 1. The number of nitrogens with one attached hydrogen (secondary N) is 1. The van der Waals surface area contributed by atoms with Crippen LogP contribution in [0.25, 0.3) is 10.9 Å². The lowest BCUT2D eigenvalue weighted by molar-refractivity contribution is 0.0992. The van der Waals surface area contributed by atoms with Crippen LogP contribution in [0.5, 0.6) is 0 Å². The molecule has 0 spiro atoms. The maximum Gasteiger partial charge on any atom is 0.269 e. The summed E-state index contributed by atoms with van der Waals surface area (Å²) >= 11 is 0. The highest BCUT2D eigenvalue weighted by Crippen LogP contribution is 2.20. The largest absolute Gasteiger partial charge is 0.364 e. The minimum absolute atomic E-state index is 0.0507. The highest BCUT2D eigenvalue weighted by Gasteiger charge is 2.15. The van der Waals surface area contributed by atoms with E-state index in [1.54, 1.807) is 35.0 Å². The van der Waals surface area contributed by atoms with Gasteiger partial charge in [0.2, 0.25) is 0 Å². The van der Waals surface area contributed by atoms with Gasteiger partial charge in [0.1, 0.15) is 0 Å². The number of primary amides is 1. The molecular formula is C24H20N4O3. The third-order valence-electron chi connectivity index (χ3n) is 4.96. The monoisotopic (exact) mass is 412 g/mol. The van der Waals surface area contributed by atoms with Gasteiger partial charge in [-0.05, 0) is 42.8 Å². The lowest BCUT2D eigenvalue weighted by atomic mass is 10.1. The van der Waals surface area contributed by atoms with Gasteiger partial charge in [0, 0.05) is 22.2 Å². The number of nitrogens with zero attached hydrogens (tertiary/aromatic N) is 2. The van der Waals surface area contributed by atoms with Gasteiger partial charge >= 0.3 is 0 Å². The molecule has 0 saturated carbocycles. The zero-order valence-electron chi connectivity index (χ0n) is 16.8. The number of carbonyl (C=O) groups is 3. The minimum Gasteiger partial charge on any atom is -0.364 e. The van der Waals surface area contributed by atoms with Gasteiger partial charge in [-0.2, -0.15) is 5.10 Å². The summed E-state index contributed by atoms with van der Waals surface area (Å²) in [6.45, 7) is 1.89. The number of rotatable bonds is 6.